The summed E-state index contributed by atoms with van der Waals surface area (Å²) in [4.78, 5) is 32.4. The minimum absolute atomic E-state index is 0.0388. The van der Waals surface area contributed by atoms with E-state index in [4.69, 9.17) is 0 Å². The fourth-order valence-corrected chi connectivity index (χ4v) is 4.03. The van der Waals surface area contributed by atoms with Gasteiger partial charge in [0.05, 0.1) is 26.2 Å². The summed E-state index contributed by atoms with van der Waals surface area (Å²) in [6.07, 6.45) is 10.2. The summed E-state index contributed by atoms with van der Waals surface area (Å²) < 4.78 is 1.35. The highest BCUT2D eigenvalue weighted by molar-refractivity contribution is 5.81. The van der Waals surface area contributed by atoms with Gasteiger partial charge in [-0.05, 0) is 32.1 Å². The molecule has 0 amide bonds. The summed E-state index contributed by atoms with van der Waals surface area (Å²) in [5, 5.41) is 10.5. The van der Waals surface area contributed by atoms with Gasteiger partial charge in [0.2, 0.25) is 5.88 Å². The number of nitrogens with one attached hydrogen (secondary N) is 2. The van der Waals surface area contributed by atoms with Crippen LogP contribution in [0.4, 0.5) is 0 Å². The first-order valence-electron chi connectivity index (χ1n) is 9.58. The molecule has 0 bridgehead atoms. The molecule has 3 rings (SSSR count). The molecule has 1 aliphatic heterocycles. The molecular weight excluding hydrogens is 320 g/mol. The molecule has 0 spiro atoms. The van der Waals surface area contributed by atoms with Crippen LogP contribution in [0.15, 0.2) is 14.6 Å². The largest absolute Gasteiger partial charge is 0.494 e. The topological polar surface area (TPSA) is 91.9 Å². The second kappa shape index (κ2) is 8.47. The molecule has 1 saturated heterocycles. The maximum Gasteiger partial charge on any atom is 0.331 e. The highest BCUT2D eigenvalue weighted by Gasteiger charge is 2.22. The molecule has 138 valence electrons. The molecule has 2 aliphatic rings. The third-order valence-corrected chi connectivity index (χ3v) is 5.47. The lowest BCUT2D eigenvalue weighted by atomic mass is 9.95. The Bertz CT molecular complexity index is 710. The number of hydrogen-bond donors (Lipinski definition) is 3. The minimum atomic E-state index is -0.566. The van der Waals surface area contributed by atoms with E-state index in [1.54, 1.807) is 4.90 Å². The van der Waals surface area contributed by atoms with E-state index in [1.807, 2.05) is 0 Å². The van der Waals surface area contributed by atoms with Gasteiger partial charge < -0.3 is 10.0 Å². The number of hydrogen-bond acceptors (Lipinski definition) is 4. The van der Waals surface area contributed by atoms with Gasteiger partial charge in [-0.3, -0.25) is 19.3 Å². The maximum absolute atomic E-state index is 12.1. The number of nitrogens with zero attached hydrogens (tertiary/aromatic N) is 2. The number of piperidine rings is 1. The van der Waals surface area contributed by atoms with Crippen LogP contribution in [-0.4, -0.2) is 47.1 Å². The first-order valence-corrected chi connectivity index (χ1v) is 9.58. The summed E-state index contributed by atoms with van der Waals surface area (Å²) in [7, 11) is 0. The Balaban J connectivity index is 1.72. The van der Waals surface area contributed by atoms with Crippen molar-refractivity contribution in [1.82, 2.24) is 9.55 Å². The second-order valence-electron chi connectivity index (χ2n) is 7.25. The van der Waals surface area contributed by atoms with Crippen LogP contribution in [0.3, 0.4) is 0 Å². The normalized spacial score (nSPS) is 20.3. The summed E-state index contributed by atoms with van der Waals surface area (Å²) >= 11 is 0. The van der Waals surface area contributed by atoms with E-state index in [9.17, 15) is 14.7 Å². The molecule has 0 unspecified atom stereocenters. The van der Waals surface area contributed by atoms with Gasteiger partial charge in [-0.2, -0.15) is 0 Å². The lowest BCUT2D eigenvalue weighted by Gasteiger charge is -2.24. The Hall–Kier alpha value is -1.89. The van der Waals surface area contributed by atoms with Crippen LogP contribution in [0.2, 0.25) is 0 Å². The van der Waals surface area contributed by atoms with Crippen molar-refractivity contribution < 1.29 is 10.0 Å². The van der Waals surface area contributed by atoms with Crippen molar-refractivity contribution in [2.45, 2.75) is 57.4 Å². The maximum atomic E-state index is 12.1. The standard InChI is InChI=1S/C18H28N4O3/c23-16-15(13-19-9-12-21-10-5-2-6-11-21)17(24)22(18(25)20-16)14-7-3-1-4-8-14/h13-14,24H,1-12H2,(H,20,23,25)/p+1. The van der Waals surface area contributed by atoms with Crippen LogP contribution in [0.25, 0.3) is 0 Å². The highest BCUT2D eigenvalue weighted by Crippen LogP contribution is 2.29. The Labute approximate surface area is 147 Å². The predicted molar refractivity (Wildman–Crippen MR) is 97.0 cm³/mol. The lowest BCUT2D eigenvalue weighted by Crippen LogP contribution is -3.13. The van der Waals surface area contributed by atoms with Crippen molar-refractivity contribution in [3.05, 3.63) is 26.4 Å². The van der Waals surface area contributed by atoms with E-state index < -0.39 is 11.2 Å². The fourth-order valence-electron chi connectivity index (χ4n) is 4.03. The Morgan fingerprint density at radius 1 is 1.12 bits per heavy atom. The molecule has 1 aromatic heterocycles. The van der Waals surface area contributed by atoms with Crippen molar-refractivity contribution in [2.75, 3.05) is 26.2 Å². The number of quaternary nitrogens is 1. The van der Waals surface area contributed by atoms with E-state index in [0.717, 1.165) is 38.6 Å². The van der Waals surface area contributed by atoms with Crippen LogP contribution in [0.1, 0.15) is 63.0 Å². The number of aromatic amines is 1. The van der Waals surface area contributed by atoms with Crippen molar-refractivity contribution in [3.63, 3.8) is 0 Å². The lowest BCUT2D eigenvalue weighted by molar-refractivity contribution is -0.903. The number of H-pyrrole nitrogens is 1. The molecule has 7 heteroatoms. The molecular formula is C18H29N4O3+. The van der Waals surface area contributed by atoms with Crippen molar-refractivity contribution in [3.8, 4) is 5.88 Å². The highest BCUT2D eigenvalue weighted by atomic mass is 16.3. The van der Waals surface area contributed by atoms with Gasteiger partial charge in [-0.25, -0.2) is 4.79 Å². The number of likely N-dealkylation sites (tertiary alicyclic amines) is 1. The molecule has 25 heavy (non-hydrogen) atoms. The van der Waals surface area contributed by atoms with Crippen molar-refractivity contribution >= 4 is 6.21 Å². The molecule has 1 aromatic rings. The average Bonchev–Trinajstić information content (AvgIpc) is 2.62. The first-order chi connectivity index (χ1) is 12.2. The minimum Gasteiger partial charge on any atom is -0.494 e. The molecule has 7 nitrogen and oxygen atoms in total. The Morgan fingerprint density at radius 3 is 2.52 bits per heavy atom. The monoisotopic (exact) mass is 349 g/mol. The third-order valence-electron chi connectivity index (χ3n) is 5.47. The second-order valence-corrected chi connectivity index (χ2v) is 7.25. The van der Waals surface area contributed by atoms with Gasteiger partial charge in [-0.1, -0.05) is 19.3 Å². The predicted octanol–water partition coefficient (Wildman–Crippen LogP) is 0.235. The van der Waals surface area contributed by atoms with Crippen LogP contribution in [0.5, 0.6) is 5.88 Å². The first kappa shape index (κ1) is 17.9. The zero-order valence-electron chi connectivity index (χ0n) is 14.8. The van der Waals surface area contributed by atoms with E-state index in [-0.39, 0.29) is 17.5 Å². The van der Waals surface area contributed by atoms with Gasteiger partial charge in [-0.15, -0.1) is 0 Å². The summed E-state index contributed by atoms with van der Waals surface area (Å²) in [5.41, 5.74) is -0.994. The molecule has 2 fully saturated rings. The van der Waals surface area contributed by atoms with Gasteiger partial charge in [0, 0.05) is 12.3 Å². The number of aromatic hydroxyl groups is 1. The summed E-state index contributed by atoms with van der Waals surface area (Å²) in [5.74, 6) is -0.241. The molecule has 0 atom stereocenters. The molecule has 1 aliphatic carbocycles. The van der Waals surface area contributed by atoms with Crippen LogP contribution >= 0.6 is 0 Å². The van der Waals surface area contributed by atoms with Gasteiger partial charge in [0.25, 0.3) is 5.56 Å². The van der Waals surface area contributed by atoms with E-state index in [1.165, 1.54) is 43.1 Å². The zero-order valence-corrected chi connectivity index (χ0v) is 14.8. The van der Waals surface area contributed by atoms with Crippen LogP contribution in [-0.2, 0) is 0 Å². The molecule has 1 saturated carbocycles. The number of aliphatic imine (C=N–C) groups is 1. The SMILES string of the molecule is O=c1[nH]c(=O)n(C2CCCCC2)c(O)c1C=NCC[NH+]1CCCCC1. The average molecular weight is 349 g/mol. The molecule has 2 heterocycles. The smallest absolute Gasteiger partial charge is 0.331 e. The van der Waals surface area contributed by atoms with E-state index in [2.05, 4.69) is 9.98 Å². The molecule has 3 N–H and O–H groups in total. The van der Waals surface area contributed by atoms with Crippen LogP contribution in [0, 0.1) is 0 Å². The van der Waals surface area contributed by atoms with E-state index >= 15 is 0 Å². The summed E-state index contributed by atoms with van der Waals surface area (Å²) in [6.45, 7) is 3.94. The Kier molecular flexibility index (Phi) is 6.07. The number of aromatic nitrogens is 2. The van der Waals surface area contributed by atoms with Crippen molar-refractivity contribution in [2.24, 2.45) is 4.99 Å². The summed E-state index contributed by atoms with van der Waals surface area (Å²) in [6, 6.07) is -0.0388. The fraction of sp³-hybridized carbons (Fsp3) is 0.722. The van der Waals surface area contributed by atoms with E-state index in [0.29, 0.717) is 6.54 Å². The van der Waals surface area contributed by atoms with Crippen molar-refractivity contribution in [1.29, 1.82) is 0 Å². The van der Waals surface area contributed by atoms with Crippen LogP contribution < -0.4 is 16.1 Å². The van der Waals surface area contributed by atoms with Gasteiger partial charge >= 0.3 is 5.69 Å². The third kappa shape index (κ3) is 4.39. The quantitative estimate of drug-likeness (QED) is 0.665. The number of rotatable bonds is 5. The Morgan fingerprint density at radius 2 is 1.80 bits per heavy atom. The van der Waals surface area contributed by atoms with Gasteiger partial charge in [0.15, 0.2) is 0 Å². The molecule has 0 radical (unpaired) electrons. The molecule has 0 aromatic carbocycles. The van der Waals surface area contributed by atoms with Gasteiger partial charge in [0.1, 0.15) is 5.56 Å². The zero-order chi connectivity index (χ0) is 17.6.